The van der Waals surface area contributed by atoms with Gasteiger partial charge in [0.05, 0.1) is 15.8 Å². The molecule has 2 rings (SSSR count). The molecule has 9 heteroatoms. The minimum atomic E-state index is -2.03. The Balaban J connectivity index is 3.37. The van der Waals surface area contributed by atoms with Crippen LogP contribution in [0.15, 0.2) is 6.07 Å². The van der Waals surface area contributed by atoms with Gasteiger partial charge in [-0.2, -0.15) is 21.0 Å². The van der Waals surface area contributed by atoms with Crippen LogP contribution in [0.3, 0.4) is 0 Å². The monoisotopic (exact) mass is 344 g/mol. The van der Waals surface area contributed by atoms with E-state index in [-0.39, 0.29) is 6.07 Å². The molecule has 0 spiro atoms. The van der Waals surface area contributed by atoms with Gasteiger partial charge in [-0.25, -0.2) is 22.0 Å². The molecule has 0 unspecified atom stereocenters. The van der Waals surface area contributed by atoms with E-state index >= 15 is 0 Å². The summed E-state index contributed by atoms with van der Waals surface area (Å²) >= 11 is 0. The first-order valence-corrected chi connectivity index (χ1v) is 6.17. The fraction of sp³-hybridized carbons (Fsp3) is 0. The molecule has 0 N–H and O–H groups in total. The van der Waals surface area contributed by atoms with Crippen LogP contribution in [0, 0.1) is 74.4 Å². The van der Waals surface area contributed by atoms with Crippen molar-refractivity contribution in [3.8, 4) is 24.3 Å². The highest BCUT2D eigenvalue weighted by Crippen LogP contribution is 2.23. The van der Waals surface area contributed by atoms with Crippen molar-refractivity contribution in [1.29, 1.82) is 21.0 Å². The summed E-state index contributed by atoms with van der Waals surface area (Å²) in [6.45, 7) is 0. The van der Waals surface area contributed by atoms with Gasteiger partial charge in [-0.15, -0.1) is 0 Å². The van der Waals surface area contributed by atoms with E-state index in [2.05, 4.69) is 0 Å². The Bertz CT molecular complexity index is 1200. The van der Waals surface area contributed by atoms with Gasteiger partial charge in [0, 0.05) is 5.39 Å². The second-order valence-corrected chi connectivity index (χ2v) is 4.48. The predicted octanol–water partition coefficient (Wildman–Crippen LogP) is 1.93. The molecule has 2 aromatic carbocycles. The minimum absolute atomic E-state index is 0.246. The summed E-state index contributed by atoms with van der Waals surface area (Å²) in [5.74, 6) is -9.19. The topological polar surface area (TPSA) is 95.2 Å². The summed E-state index contributed by atoms with van der Waals surface area (Å²) < 4.78 is 71.1. The Morgan fingerprint density at radius 3 is 1.60 bits per heavy atom. The number of nitriles is 4. The Kier molecular flexibility index (Phi) is 4.37. The normalized spacial score (nSPS) is 9.64. The summed E-state index contributed by atoms with van der Waals surface area (Å²) in [7, 11) is 0. The average Bonchev–Trinajstić information content (AvgIpc) is 2.59. The quantitative estimate of drug-likeness (QED) is 0.539. The molecule has 0 aromatic heterocycles. The Morgan fingerprint density at radius 2 is 1.12 bits per heavy atom. The van der Waals surface area contributed by atoms with Gasteiger partial charge in [0.15, 0.2) is 11.6 Å². The zero-order valence-corrected chi connectivity index (χ0v) is 11.8. The van der Waals surface area contributed by atoms with Crippen LogP contribution < -0.4 is 10.4 Å². The predicted molar refractivity (Wildman–Crippen MR) is 72.3 cm³/mol. The molecule has 0 saturated heterocycles. The smallest absolute Gasteiger partial charge is 0.171 e. The molecular weight excluding hydrogens is 343 g/mol. The second-order valence-electron chi connectivity index (χ2n) is 4.48. The third kappa shape index (κ3) is 2.41. The van der Waals surface area contributed by atoms with Crippen LogP contribution in [0.2, 0.25) is 0 Å². The molecule has 0 heterocycles. The minimum Gasteiger partial charge on any atom is -0.206 e. The lowest BCUT2D eigenvalue weighted by molar-refractivity contribution is 0.489. The highest BCUT2D eigenvalue weighted by atomic mass is 19.2. The summed E-state index contributed by atoms with van der Waals surface area (Å²) in [5.41, 5.74) is -2.20. The van der Waals surface area contributed by atoms with Crippen molar-refractivity contribution in [2.45, 2.75) is 0 Å². The first-order valence-electron chi connectivity index (χ1n) is 6.17. The standard InChI is InChI=1S/C16HF5N4/c17-9-1-8-12(14(19)10(9)6(2-22)3-23)16(21)15(20)11(13(8)18)7(4-24)5-25/h1H. The van der Waals surface area contributed by atoms with Crippen LogP contribution in [0.1, 0.15) is 0 Å². The molecule has 2 aromatic rings. The number of rotatable bonds is 0. The van der Waals surface area contributed by atoms with E-state index in [0.29, 0.717) is 0 Å². The molecular formula is C16HF5N4. The zero-order chi connectivity index (χ0) is 18.9. The Hall–Kier alpha value is -3.95. The van der Waals surface area contributed by atoms with Gasteiger partial charge in [-0.3, -0.25) is 0 Å². The van der Waals surface area contributed by atoms with E-state index in [1.54, 1.807) is 0 Å². The third-order valence-corrected chi connectivity index (χ3v) is 3.25. The van der Waals surface area contributed by atoms with Gasteiger partial charge in [-0.05, 0) is 6.07 Å². The van der Waals surface area contributed by atoms with Gasteiger partial charge in [0.25, 0.3) is 0 Å². The maximum atomic E-state index is 14.4. The number of halogens is 5. The van der Waals surface area contributed by atoms with Crippen molar-refractivity contribution >= 4 is 21.9 Å². The van der Waals surface area contributed by atoms with Gasteiger partial charge < -0.3 is 0 Å². The molecule has 4 nitrogen and oxygen atoms in total. The molecule has 0 saturated carbocycles. The summed E-state index contributed by atoms with van der Waals surface area (Å²) in [5, 5.41) is 29.7. The third-order valence-electron chi connectivity index (χ3n) is 3.25. The number of hydrogen-bond donors (Lipinski definition) is 0. The van der Waals surface area contributed by atoms with Crippen molar-refractivity contribution in [2.24, 2.45) is 0 Å². The molecule has 120 valence electrons. The highest BCUT2D eigenvalue weighted by molar-refractivity contribution is 5.88. The molecule has 0 aliphatic carbocycles. The van der Waals surface area contributed by atoms with Crippen molar-refractivity contribution in [3.63, 3.8) is 0 Å². The van der Waals surface area contributed by atoms with E-state index in [4.69, 9.17) is 21.0 Å². The SMILES string of the molecule is N#CC(C#N)=c1c(F)c(F)c2c(F)c(=C(C#N)C#N)c(F)cc2c1F. The van der Waals surface area contributed by atoms with Crippen LogP contribution >= 0.6 is 0 Å². The molecule has 0 radical (unpaired) electrons. The lowest BCUT2D eigenvalue weighted by atomic mass is 10.0. The van der Waals surface area contributed by atoms with Gasteiger partial charge in [0.1, 0.15) is 52.9 Å². The summed E-state index contributed by atoms with van der Waals surface area (Å²) in [6, 6.07) is 4.92. The summed E-state index contributed by atoms with van der Waals surface area (Å²) in [6.07, 6.45) is 0. The Labute approximate surface area is 135 Å². The van der Waals surface area contributed by atoms with E-state index in [1.165, 1.54) is 12.1 Å². The number of fused-ring (bicyclic) bond motifs is 1. The van der Waals surface area contributed by atoms with Crippen LogP contribution in [0.4, 0.5) is 22.0 Å². The van der Waals surface area contributed by atoms with Crippen molar-refractivity contribution in [2.75, 3.05) is 0 Å². The number of hydrogen-bond acceptors (Lipinski definition) is 4. The molecule has 0 fully saturated rings. The van der Waals surface area contributed by atoms with E-state index in [1.807, 2.05) is 0 Å². The van der Waals surface area contributed by atoms with Crippen LogP contribution in [0.5, 0.6) is 0 Å². The molecule has 0 bridgehead atoms. The second kappa shape index (κ2) is 6.28. The van der Waals surface area contributed by atoms with Crippen molar-refractivity contribution in [1.82, 2.24) is 0 Å². The molecule has 0 atom stereocenters. The molecule has 25 heavy (non-hydrogen) atoms. The highest BCUT2D eigenvalue weighted by Gasteiger charge is 2.24. The zero-order valence-electron chi connectivity index (χ0n) is 11.8. The number of benzene rings is 2. The van der Waals surface area contributed by atoms with Crippen LogP contribution in [-0.2, 0) is 0 Å². The number of nitrogens with zero attached hydrogens (tertiary/aromatic N) is 4. The van der Waals surface area contributed by atoms with E-state index in [9.17, 15) is 22.0 Å². The lowest BCUT2D eigenvalue weighted by Gasteiger charge is -2.07. The fourth-order valence-electron chi connectivity index (χ4n) is 2.18. The molecule has 0 aliphatic heterocycles. The molecule has 0 amide bonds. The summed E-state index contributed by atoms with van der Waals surface area (Å²) in [4.78, 5) is 0. The Morgan fingerprint density at radius 1 is 0.640 bits per heavy atom. The van der Waals surface area contributed by atoms with Crippen LogP contribution in [-0.4, -0.2) is 0 Å². The fourth-order valence-corrected chi connectivity index (χ4v) is 2.18. The van der Waals surface area contributed by atoms with Gasteiger partial charge in [0.2, 0.25) is 0 Å². The maximum absolute atomic E-state index is 14.4. The van der Waals surface area contributed by atoms with E-state index < -0.39 is 61.4 Å². The van der Waals surface area contributed by atoms with E-state index in [0.717, 1.165) is 12.1 Å². The van der Waals surface area contributed by atoms with Crippen LogP contribution in [0.25, 0.3) is 21.9 Å². The lowest BCUT2D eigenvalue weighted by Crippen LogP contribution is -2.23. The van der Waals surface area contributed by atoms with Gasteiger partial charge in [-0.1, -0.05) is 0 Å². The maximum Gasteiger partial charge on any atom is 0.171 e. The average molecular weight is 344 g/mol. The van der Waals surface area contributed by atoms with Gasteiger partial charge >= 0.3 is 0 Å². The first kappa shape index (κ1) is 17.4. The molecule has 0 aliphatic rings. The van der Waals surface area contributed by atoms with Crippen molar-refractivity contribution < 1.29 is 22.0 Å². The first-order chi connectivity index (χ1) is 11.8. The van der Waals surface area contributed by atoms with Crippen molar-refractivity contribution in [3.05, 3.63) is 45.6 Å². The largest absolute Gasteiger partial charge is 0.206 e.